The molecule has 110 valence electrons. The largest absolute Gasteiger partial charge is 0.267 e. The second-order valence-electron chi connectivity index (χ2n) is 4.13. The van der Waals surface area contributed by atoms with Crippen LogP contribution in [0.2, 0.25) is 0 Å². The van der Waals surface area contributed by atoms with Crippen LogP contribution in [0.5, 0.6) is 0 Å². The molecular weight excluding hydrogens is 280 g/mol. The van der Waals surface area contributed by atoms with Crippen molar-refractivity contribution in [2.75, 3.05) is 11.5 Å². The van der Waals surface area contributed by atoms with Gasteiger partial charge < -0.3 is 0 Å². The van der Waals surface area contributed by atoms with Crippen LogP contribution in [0.3, 0.4) is 0 Å². The molecule has 8 heteroatoms. The van der Waals surface area contributed by atoms with Crippen molar-refractivity contribution in [3.05, 3.63) is 0 Å². The van der Waals surface area contributed by atoms with E-state index >= 15 is 0 Å². The molecule has 0 aromatic heterocycles. The Morgan fingerprint density at radius 1 is 0.778 bits per heavy atom. The summed E-state index contributed by atoms with van der Waals surface area (Å²) in [6.07, 6.45) is -0.794. The summed E-state index contributed by atoms with van der Waals surface area (Å²) in [7, 11) is -7.24. The van der Waals surface area contributed by atoms with E-state index in [1.807, 2.05) is 0 Å². The molecule has 0 rings (SSSR count). The van der Waals surface area contributed by atoms with Crippen molar-refractivity contribution in [3.8, 4) is 0 Å². The van der Waals surface area contributed by atoms with Crippen molar-refractivity contribution < 1.29 is 25.2 Å². The molecule has 0 aliphatic heterocycles. The van der Waals surface area contributed by atoms with Crippen LogP contribution in [-0.4, -0.2) is 40.5 Å². The zero-order chi connectivity index (χ0) is 14.4. The Morgan fingerprint density at radius 3 is 1.28 bits per heavy atom. The standard InChI is InChI=1S/C10H22O6S2/c1-5-7-17(11,12)15-9(3)10(4)16-18(13,14)8-6-2/h9-10H,5-8H2,1-4H3. The summed E-state index contributed by atoms with van der Waals surface area (Å²) in [6.45, 7) is 6.38. The molecule has 0 saturated heterocycles. The zero-order valence-corrected chi connectivity index (χ0v) is 12.9. The highest BCUT2D eigenvalue weighted by molar-refractivity contribution is 7.87. The fraction of sp³-hybridized carbons (Fsp3) is 1.00. The SMILES string of the molecule is CCCS(=O)(=O)OC(C)C(C)OS(=O)(=O)CCC. The molecule has 0 N–H and O–H groups in total. The van der Waals surface area contributed by atoms with Gasteiger partial charge in [0.15, 0.2) is 0 Å². The summed E-state index contributed by atoms with van der Waals surface area (Å²) in [4.78, 5) is 0. The van der Waals surface area contributed by atoms with E-state index in [0.29, 0.717) is 12.8 Å². The minimum atomic E-state index is -3.62. The Hall–Kier alpha value is -0.180. The summed E-state index contributed by atoms with van der Waals surface area (Å²) in [6, 6.07) is 0. The lowest BCUT2D eigenvalue weighted by Gasteiger charge is -2.19. The van der Waals surface area contributed by atoms with E-state index < -0.39 is 32.4 Å². The lowest BCUT2D eigenvalue weighted by atomic mass is 10.3. The molecule has 0 fully saturated rings. The van der Waals surface area contributed by atoms with Crippen LogP contribution < -0.4 is 0 Å². The van der Waals surface area contributed by atoms with Crippen LogP contribution in [0.25, 0.3) is 0 Å². The zero-order valence-electron chi connectivity index (χ0n) is 11.2. The molecule has 0 aromatic carbocycles. The fourth-order valence-corrected chi connectivity index (χ4v) is 3.65. The first-order chi connectivity index (χ1) is 8.13. The van der Waals surface area contributed by atoms with E-state index in [0.717, 1.165) is 0 Å². The van der Waals surface area contributed by atoms with Gasteiger partial charge in [-0.1, -0.05) is 13.8 Å². The Balaban J connectivity index is 4.49. The molecule has 2 unspecified atom stereocenters. The van der Waals surface area contributed by atoms with E-state index in [-0.39, 0.29) is 11.5 Å². The summed E-state index contributed by atoms with van der Waals surface area (Å²) >= 11 is 0. The Bertz CT molecular complexity index is 383. The van der Waals surface area contributed by atoms with Gasteiger partial charge in [-0.25, -0.2) is 0 Å². The van der Waals surface area contributed by atoms with Gasteiger partial charge in [0, 0.05) is 0 Å². The van der Waals surface area contributed by atoms with E-state index in [4.69, 9.17) is 8.37 Å². The molecule has 0 radical (unpaired) electrons. The molecule has 0 aliphatic carbocycles. The third kappa shape index (κ3) is 7.30. The fourth-order valence-electron chi connectivity index (χ4n) is 1.22. The van der Waals surface area contributed by atoms with Crippen molar-refractivity contribution in [1.29, 1.82) is 0 Å². The van der Waals surface area contributed by atoms with Gasteiger partial charge in [-0.2, -0.15) is 16.8 Å². The van der Waals surface area contributed by atoms with Gasteiger partial charge in [-0.3, -0.25) is 8.37 Å². The lowest BCUT2D eigenvalue weighted by molar-refractivity contribution is 0.0871. The monoisotopic (exact) mass is 302 g/mol. The van der Waals surface area contributed by atoms with Crippen LogP contribution in [-0.2, 0) is 28.6 Å². The first kappa shape index (κ1) is 17.8. The third-order valence-corrected chi connectivity index (χ3v) is 5.18. The maximum atomic E-state index is 11.4. The van der Waals surface area contributed by atoms with Crippen LogP contribution in [0.1, 0.15) is 40.5 Å². The molecule has 0 aliphatic rings. The quantitative estimate of drug-likeness (QED) is 0.596. The van der Waals surface area contributed by atoms with E-state index in [1.165, 1.54) is 13.8 Å². The molecule has 2 atom stereocenters. The van der Waals surface area contributed by atoms with Gasteiger partial charge in [-0.05, 0) is 26.7 Å². The highest BCUT2D eigenvalue weighted by Crippen LogP contribution is 2.12. The smallest absolute Gasteiger partial charge is 0.264 e. The average Bonchev–Trinajstić information content (AvgIpc) is 2.15. The molecule has 0 heterocycles. The summed E-state index contributed by atoms with van der Waals surface area (Å²) in [5.41, 5.74) is 0. The highest BCUT2D eigenvalue weighted by atomic mass is 32.2. The minimum absolute atomic E-state index is 0.0915. The van der Waals surface area contributed by atoms with Crippen LogP contribution in [0.4, 0.5) is 0 Å². The lowest BCUT2D eigenvalue weighted by Crippen LogP contribution is -2.32. The number of hydrogen-bond donors (Lipinski definition) is 0. The van der Waals surface area contributed by atoms with Crippen LogP contribution in [0.15, 0.2) is 0 Å². The van der Waals surface area contributed by atoms with Gasteiger partial charge in [0.05, 0.1) is 11.5 Å². The van der Waals surface area contributed by atoms with Crippen LogP contribution >= 0.6 is 0 Å². The van der Waals surface area contributed by atoms with E-state index in [1.54, 1.807) is 13.8 Å². The van der Waals surface area contributed by atoms with Gasteiger partial charge >= 0.3 is 0 Å². The molecule has 0 amide bonds. The molecule has 0 aromatic rings. The molecule has 6 nitrogen and oxygen atoms in total. The molecule has 0 bridgehead atoms. The summed E-state index contributed by atoms with van der Waals surface area (Å²) in [5.74, 6) is -0.183. The van der Waals surface area contributed by atoms with Crippen molar-refractivity contribution >= 4 is 20.2 Å². The van der Waals surface area contributed by atoms with Crippen molar-refractivity contribution in [2.45, 2.75) is 52.7 Å². The van der Waals surface area contributed by atoms with Crippen molar-refractivity contribution in [3.63, 3.8) is 0 Å². The highest BCUT2D eigenvalue weighted by Gasteiger charge is 2.25. The summed E-state index contributed by atoms with van der Waals surface area (Å²) in [5, 5.41) is 0. The predicted octanol–water partition coefficient (Wildman–Crippen LogP) is 1.28. The van der Waals surface area contributed by atoms with Gasteiger partial charge in [0.2, 0.25) is 0 Å². The number of hydrogen-bond acceptors (Lipinski definition) is 6. The molecule has 18 heavy (non-hydrogen) atoms. The second kappa shape index (κ2) is 7.42. The third-order valence-electron chi connectivity index (χ3n) is 2.17. The summed E-state index contributed by atoms with van der Waals surface area (Å²) < 4.78 is 55.3. The average molecular weight is 302 g/mol. The Morgan fingerprint density at radius 2 is 1.06 bits per heavy atom. The van der Waals surface area contributed by atoms with Gasteiger partial charge in [0.25, 0.3) is 20.2 Å². The van der Waals surface area contributed by atoms with Gasteiger partial charge in [-0.15, -0.1) is 0 Å². The normalized spacial score (nSPS) is 16.4. The van der Waals surface area contributed by atoms with Gasteiger partial charge in [0.1, 0.15) is 12.2 Å². The first-order valence-electron chi connectivity index (χ1n) is 5.95. The topological polar surface area (TPSA) is 86.7 Å². The van der Waals surface area contributed by atoms with Crippen molar-refractivity contribution in [1.82, 2.24) is 0 Å². The molecular formula is C10H22O6S2. The van der Waals surface area contributed by atoms with E-state index in [9.17, 15) is 16.8 Å². The Labute approximate surface area is 110 Å². The van der Waals surface area contributed by atoms with Crippen LogP contribution in [0, 0.1) is 0 Å². The van der Waals surface area contributed by atoms with E-state index in [2.05, 4.69) is 0 Å². The maximum Gasteiger partial charge on any atom is 0.267 e. The van der Waals surface area contributed by atoms with Crippen molar-refractivity contribution in [2.24, 2.45) is 0 Å². The minimum Gasteiger partial charge on any atom is -0.264 e. The predicted molar refractivity (Wildman–Crippen MR) is 69.2 cm³/mol. The Kier molecular flexibility index (Phi) is 7.34. The second-order valence-corrected chi connectivity index (χ2v) is 7.56. The first-order valence-corrected chi connectivity index (χ1v) is 9.11. The molecule has 0 spiro atoms. The molecule has 0 saturated carbocycles. The maximum absolute atomic E-state index is 11.4. The number of rotatable bonds is 9.